The van der Waals surface area contributed by atoms with Crippen LogP contribution in [-0.2, 0) is 5.41 Å². The molecule has 8 aromatic carbocycles. The van der Waals surface area contributed by atoms with E-state index in [1.165, 1.54) is 66.1 Å². The molecule has 0 unspecified atom stereocenters. The molecule has 1 aliphatic rings. The van der Waals surface area contributed by atoms with Crippen LogP contribution in [-0.4, -0.2) is 9.13 Å². The summed E-state index contributed by atoms with van der Waals surface area (Å²) in [4.78, 5) is 2.43. The SMILES string of the molecule is CC1(C)c2ccccc2-c2ccc(N(c3ccc(-c4ccccc4)cc3)c3ccc4c(c3)c3ccc5c(ccn5-c5ccccc5)c3n4-c3ccccc3)cc21. The number of nitrogens with zero attached hydrogens (tertiary/aromatic N) is 3. The first-order chi connectivity index (χ1) is 27.5. The maximum absolute atomic E-state index is 2.44. The van der Waals surface area contributed by atoms with Gasteiger partial charge in [0, 0.05) is 56.2 Å². The molecule has 1 aliphatic carbocycles. The summed E-state index contributed by atoms with van der Waals surface area (Å²) in [5.41, 5.74) is 17.0. The Morgan fingerprint density at radius 2 is 1.00 bits per heavy atom. The zero-order valence-electron chi connectivity index (χ0n) is 31.4. The zero-order chi connectivity index (χ0) is 37.4. The van der Waals surface area contributed by atoms with E-state index in [1.807, 2.05) is 0 Å². The fourth-order valence-electron chi connectivity index (χ4n) is 9.22. The van der Waals surface area contributed by atoms with Crippen LogP contribution in [0.3, 0.4) is 0 Å². The lowest BCUT2D eigenvalue weighted by molar-refractivity contribution is 0.660. The number of hydrogen-bond donors (Lipinski definition) is 0. The second-order valence-corrected chi connectivity index (χ2v) is 15.4. The number of rotatable bonds is 6. The predicted molar refractivity (Wildman–Crippen MR) is 235 cm³/mol. The van der Waals surface area contributed by atoms with E-state index in [4.69, 9.17) is 0 Å². The van der Waals surface area contributed by atoms with E-state index in [9.17, 15) is 0 Å². The summed E-state index contributed by atoms with van der Waals surface area (Å²) in [7, 11) is 0. The van der Waals surface area contributed by atoms with E-state index >= 15 is 0 Å². The van der Waals surface area contributed by atoms with Gasteiger partial charge < -0.3 is 14.0 Å². The topological polar surface area (TPSA) is 13.1 Å². The van der Waals surface area contributed by atoms with Gasteiger partial charge in [-0.2, -0.15) is 0 Å². The Morgan fingerprint density at radius 1 is 0.411 bits per heavy atom. The second-order valence-electron chi connectivity index (χ2n) is 15.4. The smallest absolute Gasteiger partial charge is 0.0635 e. The van der Waals surface area contributed by atoms with Gasteiger partial charge in [-0.1, -0.05) is 129 Å². The highest BCUT2D eigenvalue weighted by molar-refractivity contribution is 6.19. The van der Waals surface area contributed by atoms with E-state index in [0.29, 0.717) is 0 Å². The van der Waals surface area contributed by atoms with E-state index < -0.39 is 0 Å². The largest absolute Gasteiger partial charge is 0.316 e. The van der Waals surface area contributed by atoms with Crippen LogP contribution >= 0.6 is 0 Å². The van der Waals surface area contributed by atoms with E-state index in [0.717, 1.165) is 28.4 Å². The predicted octanol–water partition coefficient (Wildman–Crippen LogP) is 14.2. The molecule has 0 amide bonds. The number of benzene rings is 8. The van der Waals surface area contributed by atoms with Crippen molar-refractivity contribution in [1.82, 2.24) is 9.13 Å². The first-order valence-electron chi connectivity index (χ1n) is 19.4. The standard InChI is InChI=1S/C53H39N3/c1-53(2)48-21-13-12-20-43(48)44-28-26-42(35-49(44)53)55(40-24-22-37(23-25-40)36-14-6-3-7-15-36)41-27-30-51-47(34-41)45-29-31-50-46(32-33-54(50)38-16-8-4-9-17-38)52(45)56(51)39-18-10-5-11-19-39/h3-35H,1-2H3. The number of hydrogen-bond acceptors (Lipinski definition) is 1. The summed E-state index contributed by atoms with van der Waals surface area (Å²) >= 11 is 0. The number of para-hydroxylation sites is 2. The Balaban J connectivity index is 1.14. The van der Waals surface area contributed by atoms with Gasteiger partial charge in [-0.15, -0.1) is 0 Å². The number of anilines is 3. The molecule has 0 atom stereocenters. The Kier molecular flexibility index (Phi) is 7.20. The molecular weight excluding hydrogens is 679 g/mol. The van der Waals surface area contributed by atoms with Crippen LogP contribution in [0.25, 0.3) is 66.3 Å². The summed E-state index contributed by atoms with van der Waals surface area (Å²) in [5, 5.41) is 3.67. The molecule has 0 spiro atoms. The second kappa shape index (κ2) is 12.5. The summed E-state index contributed by atoms with van der Waals surface area (Å²) < 4.78 is 4.74. The van der Waals surface area contributed by atoms with E-state index in [-0.39, 0.29) is 5.41 Å². The van der Waals surface area contributed by atoms with E-state index in [1.54, 1.807) is 0 Å². The molecule has 3 nitrogen and oxygen atoms in total. The highest BCUT2D eigenvalue weighted by Gasteiger charge is 2.35. The van der Waals surface area contributed by atoms with Gasteiger partial charge in [0.05, 0.1) is 16.6 Å². The minimum absolute atomic E-state index is 0.112. The first-order valence-corrected chi connectivity index (χ1v) is 19.4. The fourth-order valence-corrected chi connectivity index (χ4v) is 9.22. The normalized spacial score (nSPS) is 13.0. The minimum Gasteiger partial charge on any atom is -0.316 e. The van der Waals surface area contributed by atoms with Crippen LogP contribution < -0.4 is 4.90 Å². The fraction of sp³-hybridized carbons (Fsp3) is 0.0566. The molecule has 0 fully saturated rings. The summed E-state index contributed by atoms with van der Waals surface area (Å²) in [6, 6.07) is 70.9. The van der Waals surface area contributed by atoms with Gasteiger partial charge in [0.1, 0.15) is 0 Å². The molecule has 266 valence electrons. The van der Waals surface area contributed by atoms with Gasteiger partial charge in [0.25, 0.3) is 0 Å². The van der Waals surface area contributed by atoms with Gasteiger partial charge in [-0.3, -0.25) is 0 Å². The zero-order valence-corrected chi connectivity index (χ0v) is 31.4. The molecule has 11 rings (SSSR count). The quantitative estimate of drug-likeness (QED) is 0.167. The van der Waals surface area contributed by atoms with Crippen LogP contribution in [0.5, 0.6) is 0 Å². The maximum atomic E-state index is 2.44. The third kappa shape index (κ3) is 4.91. The van der Waals surface area contributed by atoms with Crippen molar-refractivity contribution in [3.8, 4) is 33.6 Å². The van der Waals surface area contributed by atoms with Crippen molar-refractivity contribution in [2.75, 3.05) is 4.90 Å². The van der Waals surface area contributed by atoms with Crippen molar-refractivity contribution in [2.45, 2.75) is 19.3 Å². The first kappa shape index (κ1) is 32.3. The lowest BCUT2D eigenvalue weighted by Gasteiger charge is -2.28. The van der Waals surface area contributed by atoms with Crippen molar-refractivity contribution < 1.29 is 0 Å². The van der Waals surface area contributed by atoms with Gasteiger partial charge in [0.2, 0.25) is 0 Å². The lowest BCUT2D eigenvalue weighted by Crippen LogP contribution is -2.16. The Hall–Kier alpha value is -7.10. The van der Waals surface area contributed by atoms with Crippen molar-refractivity contribution in [3.63, 3.8) is 0 Å². The maximum Gasteiger partial charge on any atom is 0.0635 e. The average Bonchev–Trinajstić information content (AvgIpc) is 3.91. The third-order valence-corrected chi connectivity index (χ3v) is 11.9. The van der Waals surface area contributed by atoms with Crippen LogP contribution in [0.4, 0.5) is 17.1 Å². The molecule has 0 bridgehead atoms. The van der Waals surface area contributed by atoms with Gasteiger partial charge >= 0.3 is 0 Å². The van der Waals surface area contributed by atoms with Crippen LogP contribution in [0.2, 0.25) is 0 Å². The molecule has 3 heteroatoms. The Bertz CT molecular complexity index is 3080. The summed E-state index contributed by atoms with van der Waals surface area (Å²) in [6.07, 6.45) is 2.20. The molecule has 2 aromatic heterocycles. The van der Waals surface area contributed by atoms with Gasteiger partial charge in [-0.25, -0.2) is 0 Å². The van der Waals surface area contributed by atoms with Crippen molar-refractivity contribution in [1.29, 1.82) is 0 Å². The Labute approximate surface area is 327 Å². The molecule has 2 heterocycles. The molecule has 10 aromatic rings. The minimum atomic E-state index is -0.112. The highest BCUT2D eigenvalue weighted by atomic mass is 15.1. The van der Waals surface area contributed by atoms with Crippen LogP contribution in [0, 0.1) is 0 Å². The Morgan fingerprint density at radius 3 is 1.77 bits per heavy atom. The molecule has 0 N–H and O–H groups in total. The van der Waals surface area contributed by atoms with Crippen molar-refractivity contribution >= 4 is 49.8 Å². The van der Waals surface area contributed by atoms with Crippen LogP contribution in [0.1, 0.15) is 25.0 Å². The van der Waals surface area contributed by atoms with Gasteiger partial charge in [0.15, 0.2) is 0 Å². The summed E-state index contributed by atoms with van der Waals surface area (Å²) in [5.74, 6) is 0. The van der Waals surface area contributed by atoms with Crippen molar-refractivity contribution in [2.24, 2.45) is 0 Å². The molecular formula is C53H39N3. The number of fused-ring (bicyclic) bond motifs is 8. The molecule has 0 aliphatic heterocycles. The third-order valence-electron chi connectivity index (χ3n) is 11.9. The lowest BCUT2D eigenvalue weighted by atomic mass is 9.82. The monoisotopic (exact) mass is 717 g/mol. The molecule has 0 saturated heterocycles. The van der Waals surface area contributed by atoms with Crippen molar-refractivity contribution in [3.05, 3.63) is 211 Å². The molecule has 0 saturated carbocycles. The van der Waals surface area contributed by atoms with E-state index in [2.05, 4.69) is 228 Å². The molecule has 0 radical (unpaired) electrons. The highest BCUT2D eigenvalue weighted by Crippen LogP contribution is 2.51. The summed E-state index contributed by atoms with van der Waals surface area (Å²) in [6.45, 7) is 4.72. The van der Waals surface area contributed by atoms with Crippen LogP contribution in [0.15, 0.2) is 200 Å². The average molecular weight is 718 g/mol. The molecule has 56 heavy (non-hydrogen) atoms. The van der Waals surface area contributed by atoms with Gasteiger partial charge in [-0.05, 0) is 112 Å². The number of aromatic nitrogens is 2.